The van der Waals surface area contributed by atoms with Gasteiger partial charge in [0.15, 0.2) is 5.76 Å². The number of primary amides is 1. The van der Waals surface area contributed by atoms with Crippen molar-refractivity contribution in [2.75, 3.05) is 7.11 Å². The quantitative estimate of drug-likeness (QED) is 0.551. The maximum absolute atomic E-state index is 12.7. The van der Waals surface area contributed by atoms with E-state index in [4.69, 9.17) is 14.9 Å². The van der Waals surface area contributed by atoms with Crippen LogP contribution in [-0.2, 0) is 6.42 Å². The Morgan fingerprint density at radius 2 is 1.81 bits per heavy atom. The summed E-state index contributed by atoms with van der Waals surface area (Å²) in [5, 5.41) is 4.10. The number of urea groups is 1. The second-order valence-electron chi connectivity index (χ2n) is 8.02. The van der Waals surface area contributed by atoms with Gasteiger partial charge in [-0.25, -0.2) is 10.2 Å². The molecule has 0 saturated heterocycles. The summed E-state index contributed by atoms with van der Waals surface area (Å²) in [4.78, 5) is 36.2. The molecule has 1 aromatic carbocycles. The molecule has 5 N–H and O–H groups in total. The van der Waals surface area contributed by atoms with Crippen LogP contribution in [-0.4, -0.2) is 30.7 Å². The number of hydrogen-bond donors (Lipinski definition) is 4. The molecule has 0 bridgehead atoms. The molecule has 1 aliphatic rings. The number of para-hydroxylation sites is 1. The molecule has 2 aromatic rings. The Hall–Kier alpha value is -3.82. The zero-order valence-corrected chi connectivity index (χ0v) is 17.8. The lowest BCUT2D eigenvalue weighted by molar-refractivity contribution is 0.0827. The third-order valence-corrected chi connectivity index (χ3v) is 4.94. The summed E-state index contributed by atoms with van der Waals surface area (Å²) < 4.78 is 11.0. The lowest BCUT2D eigenvalue weighted by atomic mass is 9.75. The van der Waals surface area contributed by atoms with Gasteiger partial charge in [-0.15, -0.1) is 0 Å². The van der Waals surface area contributed by atoms with Gasteiger partial charge in [0.05, 0.1) is 18.4 Å². The SMILES string of the molecule is COc1ccccc1C(=O)NNC(=O)c1oc2c(c1C)/C(=N\NC(N)=O)CC(C)(C)C2. The van der Waals surface area contributed by atoms with Gasteiger partial charge in [0.25, 0.3) is 5.91 Å². The van der Waals surface area contributed by atoms with Gasteiger partial charge in [-0.1, -0.05) is 26.0 Å². The number of nitrogens with zero attached hydrogens (tertiary/aromatic N) is 1. The smallest absolute Gasteiger partial charge is 0.332 e. The number of hydrazine groups is 1. The van der Waals surface area contributed by atoms with Crippen molar-refractivity contribution in [2.45, 2.75) is 33.6 Å². The lowest BCUT2D eigenvalue weighted by Crippen LogP contribution is -2.41. The standard InChI is InChI=1S/C21H25N5O5/c1-11-16-13(23-26-20(22)29)9-21(2,3)10-15(16)31-17(11)19(28)25-24-18(27)12-7-5-6-8-14(12)30-4/h5-8H,9-10H2,1-4H3,(H,24,27)(H,25,28)(H3,22,26,29)/b23-13-. The van der Waals surface area contributed by atoms with E-state index < -0.39 is 17.8 Å². The van der Waals surface area contributed by atoms with E-state index in [-0.39, 0.29) is 16.7 Å². The van der Waals surface area contributed by atoms with E-state index >= 15 is 0 Å². The van der Waals surface area contributed by atoms with Crippen LogP contribution in [0.3, 0.4) is 0 Å². The van der Waals surface area contributed by atoms with Crippen LogP contribution in [0.4, 0.5) is 4.79 Å². The first kappa shape index (κ1) is 21.9. The Bertz CT molecular complexity index is 1070. The van der Waals surface area contributed by atoms with Gasteiger partial charge < -0.3 is 14.9 Å². The molecule has 0 aliphatic heterocycles. The van der Waals surface area contributed by atoms with Gasteiger partial charge in [0.1, 0.15) is 11.5 Å². The van der Waals surface area contributed by atoms with Gasteiger partial charge in [-0.2, -0.15) is 5.10 Å². The Morgan fingerprint density at radius 1 is 1.13 bits per heavy atom. The van der Waals surface area contributed by atoms with Crippen LogP contribution in [0.25, 0.3) is 0 Å². The van der Waals surface area contributed by atoms with Crippen molar-refractivity contribution < 1.29 is 23.5 Å². The molecule has 31 heavy (non-hydrogen) atoms. The predicted octanol–water partition coefficient (Wildman–Crippen LogP) is 2.02. The van der Waals surface area contributed by atoms with Crippen LogP contribution in [0.2, 0.25) is 0 Å². The van der Waals surface area contributed by atoms with Crippen molar-refractivity contribution in [3.05, 3.63) is 52.5 Å². The van der Waals surface area contributed by atoms with Crippen molar-refractivity contribution in [3.8, 4) is 5.75 Å². The first-order valence-electron chi connectivity index (χ1n) is 9.61. The predicted molar refractivity (Wildman–Crippen MR) is 113 cm³/mol. The molecule has 0 radical (unpaired) electrons. The van der Waals surface area contributed by atoms with Crippen LogP contribution < -0.4 is 26.7 Å². The normalized spacial score (nSPS) is 15.7. The van der Waals surface area contributed by atoms with E-state index in [0.29, 0.717) is 41.2 Å². The number of fused-ring (bicyclic) bond motifs is 1. The van der Waals surface area contributed by atoms with Crippen LogP contribution in [0.1, 0.15) is 58.1 Å². The van der Waals surface area contributed by atoms with Crippen molar-refractivity contribution in [1.82, 2.24) is 16.3 Å². The van der Waals surface area contributed by atoms with Crippen LogP contribution in [0.15, 0.2) is 33.8 Å². The highest BCUT2D eigenvalue weighted by Crippen LogP contribution is 2.38. The number of hydrogen-bond acceptors (Lipinski definition) is 6. The summed E-state index contributed by atoms with van der Waals surface area (Å²) in [5.41, 5.74) is 14.0. The average molecular weight is 427 g/mol. The topological polar surface area (TPSA) is 148 Å². The van der Waals surface area contributed by atoms with Gasteiger partial charge in [-0.05, 0) is 30.9 Å². The molecule has 10 nitrogen and oxygen atoms in total. The molecule has 1 heterocycles. The third-order valence-electron chi connectivity index (χ3n) is 4.94. The highest BCUT2D eigenvalue weighted by Gasteiger charge is 2.36. The molecule has 3 rings (SSSR count). The van der Waals surface area contributed by atoms with Crippen molar-refractivity contribution in [3.63, 3.8) is 0 Å². The Labute approximate surface area is 179 Å². The summed E-state index contributed by atoms with van der Waals surface area (Å²) in [6.07, 6.45) is 1.14. The van der Waals surface area contributed by atoms with Gasteiger partial charge >= 0.3 is 11.9 Å². The molecule has 4 amide bonds. The molecule has 1 aromatic heterocycles. The monoisotopic (exact) mass is 427 g/mol. The Kier molecular flexibility index (Phi) is 6.00. The maximum atomic E-state index is 12.7. The molecule has 0 spiro atoms. The van der Waals surface area contributed by atoms with E-state index in [1.165, 1.54) is 7.11 Å². The summed E-state index contributed by atoms with van der Waals surface area (Å²) in [6, 6.07) is 5.86. The molecule has 0 atom stereocenters. The molecule has 0 saturated carbocycles. The van der Waals surface area contributed by atoms with E-state index in [9.17, 15) is 14.4 Å². The minimum atomic E-state index is -0.782. The highest BCUT2D eigenvalue weighted by molar-refractivity contribution is 6.07. The van der Waals surface area contributed by atoms with Crippen LogP contribution in [0, 0.1) is 12.3 Å². The number of carbonyl (C=O) groups excluding carboxylic acids is 3. The fourth-order valence-electron chi connectivity index (χ4n) is 3.62. The van der Waals surface area contributed by atoms with Gasteiger partial charge in [0, 0.05) is 17.5 Å². The molecule has 0 unspecified atom stereocenters. The summed E-state index contributed by atoms with van der Waals surface area (Å²) in [7, 11) is 1.45. The molecule has 1 aliphatic carbocycles. The minimum Gasteiger partial charge on any atom is -0.496 e. The first-order chi connectivity index (χ1) is 14.6. The largest absolute Gasteiger partial charge is 0.496 e. The van der Waals surface area contributed by atoms with E-state index in [1.54, 1.807) is 31.2 Å². The zero-order valence-electron chi connectivity index (χ0n) is 17.8. The number of furan rings is 1. The van der Waals surface area contributed by atoms with E-state index in [0.717, 1.165) is 0 Å². The summed E-state index contributed by atoms with van der Waals surface area (Å²) >= 11 is 0. The second kappa shape index (κ2) is 8.50. The second-order valence-corrected chi connectivity index (χ2v) is 8.02. The number of amides is 4. The number of methoxy groups -OCH3 is 1. The van der Waals surface area contributed by atoms with Gasteiger partial charge in [-0.3, -0.25) is 20.4 Å². The zero-order chi connectivity index (χ0) is 22.8. The van der Waals surface area contributed by atoms with Crippen molar-refractivity contribution in [2.24, 2.45) is 16.3 Å². The fourth-order valence-corrected chi connectivity index (χ4v) is 3.62. The Morgan fingerprint density at radius 3 is 2.48 bits per heavy atom. The summed E-state index contributed by atoms with van der Waals surface area (Å²) in [6.45, 7) is 5.78. The average Bonchev–Trinajstić information content (AvgIpc) is 3.04. The van der Waals surface area contributed by atoms with Crippen molar-refractivity contribution in [1.29, 1.82) is 0 Å². The number of rotatable bonds is 4. The maximum Gasteiger partial charge on any atom is 0.332 e. The van der Waals surface area contributed by atoms with E-state index in [2.05, 4.69) is 21.4 Å². The Balaban J connectivity index is 1.82. The molecule has 0 fully saturated rings. The lowest BCUT2D eigenvalue weighted by Gasteiger charge is -2.29. The molecule has 10 heteroatoms. The number of nitrogens with one attached hydrogen (secondary N) is 3. The number of benzene rings is 1. The number of hydrazone groups is 1. The van der Waals surface area contributed by atoms with Crippen molar-refractivity contribution >= 4 is 23.6 Å². The fraction of sp³-hybridized carbons (Fsp3) is 0.333. The number of nitrogens with two attached hydrogens (primary N) is 1. The van der Waals surface area contributed by atoms with Crippen LogP contribution >= 0.6 is 0 Å². The number of ether oxygens (including phenoxy) is 1. The van der Waals surface area contributed by atoms with E-state index in [1.807, 2.05) is 13.8 Å². The first-order valence-corrected chi connectivity index (χ1v) is 9.61. The van der Waals surface area contributed by atoms with Crippen LogP contribution in [0.5, 0.6) is 5.75 Å². The number of carbonyl (C=O) groups is 3. The molecular formula is C21H25N5O5. The molecule has 164 valence electrons. The third kappa shape index (κ3) is 4.68. The minimum absolute atomic E-state index is 0.0507. The highest BCUT2D eigenvalue weighted by atomic mass is 16.5. The summed E-state index contributed by atoms with van der Waals surface area (Å²) in [5.74, 6) is -0.136. The van der Waals surface area contributed by atoms with Gasteiger partial charge in [0.2, 0.25) is 0 Å². The molecular weight excluding hydrogens is 402 g/mol.